The Balaban J connectivity index is 1.46. The second-order valence-electron chi connectivity index (χ2n) is 12.5. The molecule has 38 heavy (non-hydrogen) atoms. The molecule has 208 valence electrons. The standard InChI is InChI=1S/C30H44N4O4/c1-5-30-12-7-6-8-19-9-10-25-22(14-19)23(17-29(2,3)38-25)32-27(36)21-15-20(16-21)24(11-13-37-4)34(26(35)18-30)28(31)33-30/h9-10,14,20-21,23-24H,5-8,11-13,15-18H2,1-4H3,(H2,31,33)(H,32,36)/t20?,21?,23-,24?,30+/m0/s1. The molecule has 1 fully saturated rings. The van der Waals surface area contributed by atoms with E-state index in [0.717, 1.165) is 62.7 Å². The van der Waals surface area contributed by atoms with Crippen molar-refractivity contribution in [1.29, 1.82) is 0 Å². The molecule has 0 spiro atoms. The highest BCUT2D eigenvalue weighted by Gasteiger charge is 2.47. The Morgan fingerprint density at radius 2 is 2.03 bits per heavy atom. The molecule has 1 aromatic carbocycles. The summed E-state index contributed by atoms with van der Waals surface area (Å²) in [6, 6.07) is 6.25. The van der Waals surface area contributed by atoms with Crippen LogP contribution >= 0.6 is 0 Å². The number of hydrogen-bond donors (Lipinski definition) is 2. The smallest absolute Gasteiger partial charge is 0.231 e. The molecule has 1 aromatic rings. The van der Waals surface area contributed by atoms with Crippen molar-refractivity contribution in [3.8, 4) is 5.75 Å². The summed E-state index contributed by atoms with van der Waals surface area (Å²) in [6.45, 7) is 6.80. The van der Waals surface area contributed by atoms with Gasteiger partial charge in [-0.15, -0.1) is 0 Å². The molecule has 8 nitrogen and oxygen atoms in total. The first-order valence-corrected chi connectivity index (χ1v) is 14.4. The van der Waals surface area contributed by atoms with Crippen LogP contribution in [0.4, 0.5) is 0 Å². The summed E-state index contributed by atoms with van der Waals surface area (Å²) in [5, 5.41) is 3.36. The van der Waals surface area contributed by atoms with E-state index in [-0.39, 0.29) is 41.3 Å². The molecule has 1 saturated carbocycles. The van der Waals surface area contributed by atoms with Crippen molar-refractivity contribution >= 4 is 17.8 Å². The number of ether oxygens (including phenoxy) is 2. The summed E-state index contributed by atoms with van der Waals surface area (Å²) < 4.78 is 11.7. The van der Waals surface area contributed by atoms with Crippen LogP contribution in [0.2, 0.25) is 0 Å². The van der Waals surface area contributed by atoms with Gasteiger partial charge in [0.1, 0.15) is 11.4 Å². The van der Waals surface area contributed by atoms with Gasteiger partial charge in [-0.3, -0.25) is 14.5 Å². The third-order valence-electron chi connectivity index (χ3n) is 9.25. The fourth-order valence-electron chi connectivity index (χ4n) is 6.98. The van der Waals surface area contributed by atoms with Crippen LogP contribution in [-0.4, -0.2) is 53.6 Å². The summed E-state index contributed by atoms with van der Waals surface area (Å²) >= 11 is 0. The van der Waals surface area contributed by atoms with Gasteiger partial charge < -0.3 is 20.5 Å². The van der Waals surface area contributed by atoms with Crippen molar-refractivity contribution in [2.24, 2.45) is 22.6 Å². The number of guanidine groups is 1. The zero-order chi connectivity index (χ0) is 27.1. The summed E-state index contributed by atoms with van der Waals surface area (Å²) in [5.41, 5.74) is 8.09. The highest BCUT2D eigenvalue weighted by molar-refractivity contribution is 5.99. The maximum Gasteiger partial charge on any atom is 0.231 e. The van der Waals surface area contributed by atoms with Crippen molar-refractivity contribution in [2.45, 2.75) is 108 Å². The lowest BCUT2D eigenvalue weighted by Gasteiger charge is -2.47. The Hall–Kier alpha value is -2.61. The molecule has 5 aliphatic heterocycles. The van der Waals surface area contributed by atoms with Crippen LogP contribution in [0.1, 0.15) is 95.7 Å². The van der Waals surface area contributed by atoms with Crippen molar-refractivity contribution in [3.63, 3.8) is 0 Å². The minimum absolute atomic E-state index is 0.0548. The first-order chi connectivity index (χ1) is 18.1. The lowest BCUT2D eigenvalue weighted by atomic mass is 9.69. The molecular formula is C30H44N4O4. The molecule has 3 N–H and O–H groups in total. The van der Waals surface area contributed by atoms with Gasteiger partial charge in [0.25, 0.3) is 0 Å². The van der Waals surface area contributed by atoms with E-state index in [9.17, 15) is 9.59 Å². The van der Waals surface area contributed by atoms with Gasteiger partial charge >= 0.3 is 0 Å². The molecular weight excluding hydrogens is 480 g/mol. The first kappa shape index (κ1) is 27.0. The number of nitrogens with two attached hydrogens (primary N) is 1. The molecule has 0 saturated heterocycles. The van der Waals surface area contributed by atoms with E-state index < -0.39 is 5.54 Å². The Labute approximate surface area is 226 Å². The molecule has 8 heteroatoms. The number of hydrogen-bond acceptors (Lipinski definition) is 6. The van der Waals surface area contributed by atoms with Crippen LogP contribution in [-0.2, 0) is 20.7 Å². The Morgan fingerprint density at radius 1 is 1.24 bits per heavy atom. The Bertz CT molecular complexity index is 1100. The molecule has 6 aliphatic rings. The van der Waals surface area contributed by atoms with Crippen molar-refractivity contribution in [2.75, 3.05) is 13.7 Å². The Morgan fingerprint density at radius 3 is 2.74 bits per heavy atom. The normalized spacial score (nSPS) is 32.8. The number of benzene rings is 1. The molecule has 3 atom stereocenters. The van der Waals surface area contributed by atoms with Crippen LogP contribution < -0.4 is 15.8 Å². The summed E-state index contributed by atoms with van der Waals surface area (Å²) in [7, 11) is 1.67. The summed E-state index contributed by atoms with van der Waals surface area (Å²) in [5.74, 6) is 1.46. The monoisotopic (exact) mass is 524 g/mol. The van der Waals surface area contributed by atoms with E-state index in [4.69, 9.17) is 20.2 Å². The predicted octanol–water partition coefficient (Wildman–Crippen LogP) is 4.26. The van der Waals surface area contributed by atoms with Gasteiger partial charge in [0, 0.05) is 37.7 Å². The zero-order valence-corrected chi connectivity index (χ0v) is 23.4. The first-order valence-electron chi connectivity index (χ1n) is 14.4. The van der Waals surface area contributed by atoms with Gasteiger partial charge in [0.15, 0.2) is 5.96 Å². The van der Waals surface area contributed by atoms with Gasteiger partial charge in [0.05, 0.1) is 18.0 Å². The van der Waals surface area contributed by atoms with Crippen LogP contribution in [0.5, 0.6) is 5.75 Å². The maximum atomic E-state index is 13.6. The zero-order valence-electron chi connectivity index (χ0n) is 23.4. The molecule has 0 aromatic heterocycles. The second kappa shape index (κ2) is 10.5. The largest absolute Gasteiger partial charge is 0.487 e. The third-order valence-corrected chi connectivity index (χ3v) is 9.25. The van der Waals surface area contributed by atoms with E-state index >= 15 is 0 Å². The van der Waals surface area contributed by atoms with E-state index in [1.54, 1.807) is 12.0 Å². The highest BCUT2D eigenvalue weighted by Crippen LogP contribution is 2.44. The number of rotatable bonds is 4. The van der Waals surface area contributed by atoms with Crippen LogP contribution in [0.3, 0.4) is 0 Å². The van der Waals surface area contributed by atoms with Gasteiger partial charge in [-0.1, -0.05) is 25.5 Å². The highest BCUT2D eigenvalue weighted by atomic mass is 16.5. The Kier molecular flexibility index (Phi) is 7.46. The van der Waals surface area contributed by atoms with E-state index in [0.29, 0.717) is 25.4 Å². The van der Waals surface area contributed by atoms with Gasteiger partial charge in [0.2, 0.25) is 11.8 Å². The molecule has 1 aliphatic carbocycles. The lowest BCUT2D eigenvalue weighted by Crippen LogP contribution is -2.59. The molecule has 7 rings (SSSR count). The van der Waals surface area contributed by atoms with E-state index in [1.165, 1.54) is 5.56 Å². The van der Waals surface area contributed by atoms with Gasteiger partial charge in [-0.25, -0.2) is 4.99 Å². The predicted molar refractivity (Wildman–Crippen MR) is 147 cm³/mol. The molecule has 0 radical (unpaired) electrons. The van der Waals surface area contributed by atoms with Crippen molar-refractivity contribution in [3.05, 3.63) is 29.3 Å². The SMILES string of the molecule is CC[C@@]12CCCCc3ccc4c(c3)[C@H](CC(C)(C)O4)NC(=O)C3CC(C3)C(CCOC)N(C(=O)C1)C(N)=N2. The minimum atomic E-state index is -0.433. The van der Waals surface area contributed by atoms with Gasteiger partial charge in [-0.05, 0) is 76.3 Å². The number of methoxy groups -OCH3 is 1. The number of nitrogens with zero attached hydrogens (tertiary/aromatic N) is 2. The van der Waals surface area contributed by atoms with E-state index in [1.807, 2.05) is 0 Å². The third kappa shape index (κ3) is 5.29. The number of amides is 2. The average molecular weight is 525 g/mol. The molecule has 1 unspecified atom stereocenters. The maximum absolute atomic E-state index is 13.6. The molecule has 5 heterocycles. The summed E-state index contributed by atoms with van der Waals surface area (Å²) in [6.07, 6.45) is 7.79. The minimum Gasteiger partial charge on any atom is -0.487 e. The fraction of sp³-hybridized carbons (Fsp3) is 0.700. The van der Waals surface area contributed by atoms with Crippen LogP contribution in [0.25, 0.3) is 0 Å². The topological polar surface area (TPSA) is 106 Å². The molecule has 2 amide bonds. The van der Waals surface area contributed by atoms with Gasteiger partial charge in [-0.2, -0.15) is 0 Å². The molecule has 6 bridgehead atoms. The quantitative estimate of drug-likeness (QED) is 0.612. The number of carbonyl (C=O) groups is 2. The lowest BCUT2D eigenvalue weighted by molar-refractivity contribution is -0.136. The van der Waals surface area contributed by atoms with E-state index in [2.05, 4.69) is 44.3 Å². The van der Waals surface area contributed by atoms with Crippen molar-refractivity contribution < 1.29 is 19.1 Å². The second-order valence-corrected chi connectivity index (χ2v) is 12.5. The number of aliphatic imine (C=N–C) groups is 1. The number of nitrogens with one attached hydrogen (secondary N) is 1. The number of aryl methyl sites for hydroxylation is 1. The average Bonchev–Trinajstić information content (AvgIpc) is 2.82. The van der Waals surface area contributed by atoms with Crippen LogP contribution in [0, 0.1) is 11.8 Å². The van der Waals surface area contributed by atoms with Crippen LogP contribution in [0.15, 0.2) is 23.2 Å². The fourth-order valence-corrected chi connectivity index (χ4v) is 6.98. The number of carbonyl (C=O) groups excluding carboxylic acids is 2. The summed E-state index contributed by atoms with van der Waals surface area (Å²) in [4.78, 5) is 33.7. The van der Waals surface area contributed by atoms with Crippen molar-refractivity contribution in [1.82, 2.24) is 10.2 Å².